The van der Waals surface area contributed by atoms with Gasteiger partial charge in [-0.15, -0.1) is 11.3 Å². The number of amides is 1. The second kappa shape index (κ2) is 11.1. The van der Waals surface area contributed by atoms with Gasteiger partial charge in [0.2, 0.25) is 0 Å². The molecule has 0 radical (unpaired) electrons. The molecule has 0 unspecified atom stereocenters. The van der Waals surface area contributed by atoms with Crippen molar-refractivity contribution in [3.05, 3.63) is 50.4 Å². The van der Waals surface area contributed by atoms with E-state index in [2.05, 4.69) is 41.7 Å². The second-order valence-corrected chi connectivity index (χ2v) is 14.2. The quantitative estimate of drug-likeness (QED) is 0.340. The van der Waals surface area contributed by atoms with E-state index in [9.17, 15) is 14.4 Å². The third kappa shape index (κ3) is 6.14. The first-order chi connectivity index (χ1) is 17.5. The summed E-state index contributed by atoms with van der Waals surface area (Å²) >= 11 is 5.00. The lowest BCUT2D eigenvalue weighted by Crippen LogP contribution is -2.56. The highest BCUT2D eigenvalue weighted by atomic mass is 79.9. The van der Waals surface area contributed by atoms with Crippen LogP contribution in [-0.4, -0.2) is 46.0 Å². The zero-order valence-electron chi connectivity index (χ0n) is 23.8. The van der Waals surface area contributed by atoms with Crippen molar-refractivity contribution in [1.82, 2.24) is 9.88 Å². The minimum absolute atomic E-state index is 0.0289. The first kappa shape index (κ1) is 30.3. The van der Waals surface area contributed by atoms with Crippen LogP contribution in [0.4, 0.5) is 0 Å². The van der Waals surface area contributed by atoms with Gasteiger partial charge in [0, 0.05) is 21.6 Å². The Morgan fingerprint density at radius 1 is 1.18 bits per heavy atom. The molecule has 0 N–H and O–H groups in total. The van der Waals surface area contributed by atoms with E-state index >= 15 is 0 Å². The lowest BCUT2D eigenvalue weighted by Gasteiger charge is -2.41. The number of ether oxygens (including phenoxy) is 2. The van der Waals surface area contributed by atoms with Gasteiger partial charge in [0.05, 0.1) is 19.1 Å². The average molecular weight is 608 g/mol. The van der Waals surface area contributed by atoms with E-state index in [-0.39, 0.29) is 23.7 Å². The summed E-state index contributed by atoms with van der Waals surface area (Å²) in [7, 11) is 1.33. The molecule has 0 aliphatic carbocycles. The molecule has 7 nitrogen and oxygen atoms in total. The van der Waals surface area contributed by atoms with Crippen LogP contribution in [0.15, 0.2) is 34.2 Å². The number of carbonyl (C=O) groups excluding carboxylic acids is 3. The van der Waals surface area contributed by atoms with Crippen molar-refractivity contribution in [2.45, 2.75) is 90.8 Å². The molecule has 1 saturated heterocycles. The summed E-state index contributed by atoms with van der Waals surface area (Å²) in [6, 6.07) is 4.74. The Morgan fingerprint density at radius 2 is 1.84 bits per heavy atom. The summed E-state index contributed by atoms with van der Waals surface area (Å²) in [4.78, 5) is 47.8. The molecule has 9 heteroatoms. The molecule has 0 bridgehead atoms. The Kier molecular flexibility index (Phi) is 8.83. The summed E-state index contributed by atoms with van der Waals surface area (Å²) in [6.45, 7) is 15.7. The number of nitrogens with zero attached hydrogens (tertiary/aromatic N) is 2. The topological polar surface area (TPSA) is 85.8 Å². The fourth-order valence-corrected chi connectivity index (χ4v) is 7.02. The van der Waals surface area contributed by atoms with E-state index in [1.807, 2.05) is 19.9 Å². The fourth-order valence-electron chi connectivity index (χ4n) is 5.26. The van der Waals surface area contributed by atoms with Crippen LogP contribution in [-0.2, 0) is 24.5 Å². The second-order valence-electron chi connectivity index (χ2n) is 12.4. The summed E-state index contributed by atoms with van der Waals surface area (Å²) in [6.07, 6.45) is 2.05. The maximum Gasteiger partial charge on any atom is 0.332 e. The number of esters is 2. The van der Waals surface area contributed by atoms with Crippen LogP contribution in [0.25, 0.3) is 0 Å². The van der Waals surface area contributed by atoms with Gasteiger partial charge >= 0.3 is 11.9 Å². The van der Waals surface area contributed by atoms with Crippen molar-refractivity contribution >= 4 is 45.1 Å². The van der Waals surface area contributed by atoms with Gasteiger partial charge < -0.3 is 14.4 Å². The number of thiazole rings is 1. The van der Waals surface area contributed by atoms with Gasteiger partial charge in [-0.05, 0) is 62.6 Å². The summed E-state index contributed by atoms with van der Waals surface area (Å²) in [5.41, 5.74) is -0.838. The number of aromatic nitrogens is 1. The van der Waals surface area contributed by atoms with Crippen LogP contribution in [0.5, 0.6) is 0 Å². The largest absolute Gasteiger partial charge is 0.469 e. The highest BCUT2D eigenvalue weighted by Crippen LogP contribution is 2.52. The average Bonchev–Trinajstić information content (AvgIpc) is 3.42. The number of halogens is 1. The number of benzene rings is 1. The van der Waals surface area contributed by atoms with E-state index in [1.165, 1.54) is 18.4 Å². The maximum absolute atomic E-state index is 14.5. The van der Waals surface area contributed by atoms with Crippen molar-refractivity contribution in [1.29, 1.82) is 0 Å². The summed E-state index contributed by atoms with van der Waals surface area (Å²) < 4.78 is 11.9. The van der Waals surface area contributed by atoms with Crippen LogP contribution in [0.1, 0.15) is 95.2 Å². The minimum atomic E-state index is -1.39. The zero-order valence-corrected chi connectivity index (χ0v) is 26.2. The van der Waals surface area contributed by atoms with Gasteiger partial charge in [-0.1, -0.05) is 56.6 Å². The number of carbonyl (C=O) groups is 3. The van der Waals surface area contributed by atoms with Crippen molar-refractivity contribution < 1.29 is 23.9 Å². The van der Waals surface area contributed by atoms with Gasteiger partial charge in [0.15, 0.2) is 0 Å². The van der Waals surface area contributed by atoms with Crippen LogP contribution in [0.2, 0.25) is 0 Å². The SMILES string of the molecule is COC(=O)[C@H]1C[C@@](CC(C)C)(C(=O)OC(C)(C)C)N(C(=O)c2ccc(C(C)(C)C)c(Br)c2)[C@H]1c1nccs1. The Bertz CT molecular complexity index is 1180. The van der Waals surface area contributed by atoms with Gasteiger partial charge in [0.1, 0.15) is 16.1 Å². The number of methoxy groups -OCH3 is 1. The minimum Gasteiger partial charge on any atom is -0.469 e. The molecule has 3 rings (SSSR count). The number of hydrogen-bond acceptors (Lipinski definition) is 7. The molecule has 208 valence electrons. The van der Waals surface area contributed by atoms with Gasteiger partial charge in [-0.3, -0.25) is 9.59 Å². The monoisotopic (exact) mass is 606 g/mol. The molecule has 1 aliphatic rings. The molecule has 0 spiro atoms. The Hall–Kier alpha value is -2.26. The van der Waals surface area contributed by atoms with E-state index < -0.39 is 35.0 Å². The van der Waals surface area contributed by atoms with E-state index in [1.54, 1.807) is 49.4 Å². The lowest BCUT2D eigenvalue weighted by atomic mass is 9.83. The van der Waals surface area contributed by atoms with Crippen molar-refractivity contribution in [3.8, 4) is 0 Å². The molecule has 1 aromatic carbocycles. The number of rotatable bonds is 6. The van der Waals surface area contributed by atoms with Crippen LogP contribution in [0.3, 0.4) is 0 Å². The molecule has 1 aliphatic heterocycles. The Balaban J connectivity index is 2.28. The van der Waals surface area contributed by atoms with Gasteiger partial charge in [-0.2, -0.15) is 0 Å². The molecule has 1 amide bonds. The fraction of sp³-hybridized carbons (Fsp3) is 0.586. The summed E-state index contributed by atoms with van der Waals surface area (Å²) in [5, 5.41) is 2.38. The standard InChI is InChI=1S/C29H39BrN2O5S/c1-17(2)15-29(26(35)37-28(6,7)8)16-19(25(34)36-9)22(23-31-12-13-38-23)32(29)24(33)18-10-11-20(21(30)14-18)27(3,4)5/h10-14,17,19,22H,15-16H2,1-9H3/t19-,22+,29-/m0/s1. The van der Waals surface area contributed by atoms with Crippen LogP contribution in [0, 0.1) is 11.8 Å². The maximum atomic E-state index is 14.5. The van der Waals surface area contributed by atoms with Gasteiger partial charge in [-0.25, -0.2) is 9.78 Å². The van der Waals surface area contributed by atoms with Crippen molar-refractivity contribution in [3.63, 3.8) is 0 Å². The third-order valence-corrected chi connectivity index (χ3v) is 8.16. The first-order valence-corrected chi connectivity index (χ1v) is 14.5. The molecule has 3 atom stereocenters. The predicted octanol–water partition coefficient (Wildman–Crippen LogP) is 6.71. The molecule has 38 heavy (non-hydrogen) atoms. The molecule has 2 heterocycles. The first-order valence-electron chi connectivity index (χ1n) is 12.9. The van der Waals surface area contributed by atoms with Crippen molar-refractivity contribution in [2.24, 2.45) is 11.8 Å². The normalized spacial score (nSPS) is 22.0. The predicted molar refractivity (Wildman–Crippen MR) is 152 cm³/mol. The van der Waals surface area contributed by atoms with Crippen LogP contribution >= 0.6 is 27.3 Å². The van der Waals surface area contributed by atoms with Crippen LogP contribution < -0.4 is 0 Å². The van der Waals surface area contributed by atoms with E-state index in [0.29, 0.717) is 17.0 Å². The van der Waals surface area contributed by atoms with Crippen molar-refractivity contribution in [2.75, 3.05) is 7.11 Å². The zero-order chi connectivity index (χ0) is 28.6. The van der Waals surface area contributed by atoms with Gasteiger partial charge in [0.25, 0.3) is 5.91 Å². The highest BCUT2D eigenvalue weighted by Gasteiger charge is 2.62. The number of hydrogen-bond donors (Lipinski definition) is 0. The molecule has 1 fully saturated rings. The lowest BCUT2D eigenvalue weighted by molar-refractivity contribution is -0.168. The van der Waals surface area contributed by atoms with E-state index in [4.69, 9.17) is 9.47 Å². The summed E-state index contributed by atoms with van der Waals surface area (Å²) in [5.74, 6) is -2.11. The molecular weight excluding hydrogens is 568 g/mol. The highest BCUT2D eigenvalue weighted by molar-refractivity contribution is 9.10. The van der Waals surface area contributed by atoms with E-state index in [0.717, 1.165) is 10.0 Å². The molecule has 0 saturated carbocycles. The third-order valence-electron chi connectivity index (χ3n) is 6.65. The smallest absolute Gasteiger partial charge is 0.332 e. The molecule has 2 aromatic rings. The molecular formula is C29H39BrN2O5S. The number of likely N-dealkylation sites (tertiary alicyclic amines) is 1. The molecule has 1 aromatic heterocycles. The Morgan fingerprint density at radius 3 is 2.32 bits per heavy atom. The Labute approximate surface area is 238 Å².